The molecule has 0 saturated carbocycles. The second-order valence-corrected chi connectivity index (χ2v) is 6.89. The molecule has 1 aromatic heterocycles. The quantitative estimate of drug-likeness (QED) is 0.685. The Morgan fingerprint density at radius 2 is 1.88 bits per heavy atom. The van der Waals surface area contributed by atoms with Crippen molar-refractivity contribution in [3.05, 3.63) is 51.2 Å². The number of nitrogens with one attached hydrogen (secondary N) is 2. The van der Waals surface area contributed by atoms with Gasteiger partial charge < -0.3 is 10.6 Å². The smallest absolute Gasteiger partial charge is 0.226 e. The highest BCUT2D eigenvalue weighted by Crippen LogP contribution is 2.20. The molecule has 1 heterocycles. The van der Waals surface area contributed by atoms with E-state index in [1.807, 2.05) is 18.4 Å². The van der Waals surface area contributed by atoms with Crippen molar-refractivity contribution in [1.29, 1.82) is 0 Å². The van der Waals surface area contributed by atoms with Crippen LogP contribution in [-0.4, -0.2) is 24.1 Å². The SMILES string of the molecule is Cc1ccc(Cl)cc1NC(=O)CCNC(=O)CCC(=O)c1cccs1. The molecule has 1 aromatic carbocycles. The van der Waals surface area contributed by atoms with E-state index in [0.29, 0.717) is 15.6 Å². The molecule has 2 N–H and O–H groups in total. The number of anilines is 1. The van der Waals surface area contributed by atoms with Crippen molar-refractivity contribution in [2.45, 2.75) is 26.2 Å². The number of carbonyl (C=O) groups is 3. The first-order valence-corrected chi connectivity index (χ1v) is 9.11. The molecule has 7 heteroatoms. The number of hydrogen-bond donors (Lipinski definition) is 2. The summed E-state index contributed by atoms with van der Waals surface area (Å²) in [6, 6.07) is 8.81. The molecule has 5 nitrogen and oxygen atoms in total. The lowest BCUT2D eigenvalue weighted by Crippen LogP contribution is -2.28. The molecule has 2 aromatic rings. The molecule has 0 spiro atoms. The van der Waals surface area contributed by atoms with E-state index in [1.165, 1.54) is 11.3 Å². The van der Waals surface area contributed by atoms with E-state index < -0.39 is 0 Å². The van der Waals surface area contributed by atoms with Crippen molar-refractivity contribution in [2.75, 3.05) is 11.9 Å². The molecule has 0 radical (unpaired) electrons. The Balaban J connectivity index is 1.67. The Morgan fingerprint density at radius 3 is 2.60 bits per heavy atom. The minimum atomic E-state index is -0.239. The number of ketones is 1. The fourth-order valence-corrected chi connectivity index (χ4v) is 3.00. The lowest BCUT2D eigenvalue weighted by atomic mass is 10.2. The van der Waals surface area contributed by atoms with E-state index >= 15 is 0 Å². The highest BCUT2D eigenvalue weighted by atomic mass is 35.5. The first-order valence-electron chi connectivity index (χ1n) is 7.85. The van der Waals surface area contributed by atoms with Gasteiger partial charge in [-0.2, -0.15) is 0 Å². The zero-order valence-electron chi connectivity index (χ0n) is 13.8. The summed E-state index contributed by atoms with van der Waals surface area (Å²) in [6.45, 7) is 2.09. The van der Waals surface area contributed by atoms with Crippen LogP contribution in [0.4, 0.5) is 5.69 Å². The third kappa shape index (κ3) is 6.32. The predicted molar refractivity (Wildman–Crippen MR) is 100 cm³/mol. The van der Waals surface area contributed by atoms with Gasteiger partial charge in [-0.05, 0) is 36.1 Å². The summed E-state index contributed by atoms with van der Waals surface area (Å²) in [5.74, 6) is -0.490. The minimum Gasteiger partial charge on any atom is -0.356 e. The van der Waals surface area contributed by atoms with Crippen molar-refractivity contribution < 1.29 is 14.4 Å². The summed E-state index contributed by atoms with van der Waals surface area (Å²) >= 11 is 7.27. The van der Waals surface area contributed by atoms with Crippen LogP contribution in [0.1, 0.15) is 34.5 Å². The minimum absolute atomic E-state index is 0.0423. The van der Waals surface area contributed by atoms with Crippen LogP contribution in [0.3, 0.4) is 0 Å². The molecule has 0 atom stereocenters. The summed E-state index contributed by atoms with van der Waals surface area (Å²) in [6.07, 6.45) is 0.433. The van der Waals surface area contributed by atoms with Crippen molar-refractivity contribution in [3.63, 3.8) is 0 Å². The maximum atomic E-state index is 11.9. The monoisotopic (exact) mass is 378 g/mol. The molecule has 2 amide bonds. The van der Waals surface area contributed by atoms with E-state index in [0.717, 1.165) is 5.56 Å². The maximum absolute atomic E-state index is 11.9. The highest BCUT2D eigenvalue weighted by molar-refractivity contribution is 7.12. The first kappa shape index (κ1) is 19.1. The molecule has 0 aliphatic carbocycles. The molecule has 0 unspecified atom stereocenters. The van der Waals surface area contributed by atoms with Crippen molar-refractivity contribution in [1.82, 2.24) is 5.32 Å². The Morgan fingerprint density at radius 1 is 1.08 bits per heavy atom. The number of hydrogen-bond acceptors (Lipinski definition) is 4. The second-order valence-electron chi connectivity index (χ2n) is 5.51. The van der Waals surface area contributed by atoms with E-state index in [4.69, 9.17) is 11.6 Å². The van der Waals surface area contributed by atoms with Crippen LogP contribution >= 0.6 is 22.9 Å². The van der Waals surface area contributed by atoms with Crippen LogP contribution in [-0.2, 0) is 9.59 Å². The van der Waals surface area contributed by atoms with Gasteiger partial charge in [0.05, 0.1) is 4.88 Å². The number of amides is 2. The van der Waals surface area contributed by atoms with Crippen LogP contribution in [0.25, 0.3) is 0 Å². The van der Waals surface area contributed by atoms with E-state index in [-0.39, 0.29) is 43.4 Å². The van der Waals surface area contributed by atoms with Crippen molar-refractivity contribution >= 4 is 46.2 Å². The van der Waals surface area contributed by atoms with Gasteiger partial charge in [0.25, 0.3) is 0 Å². The van der Waals surface area contributed by atoms with Gasteiger partial charge in [0.2, 0.25) is 11.8 Å². The van der Waals surface area contributed by atoms with E-state index in [9.17, 15) is 14.4 Å². The summed E-state index contributed by atoms with van der Waals surface area (Å²) in [4.78, 5) is 36.1. The molecule has 0 aliphatic rings. The maximum Gasteiger partial charge on any atom is 0.226 e. The summed E-state index contributed by atoms with van der Waals surface area (Å²) in [5.41, 5.74) is 1.57. The lowest BCUT2D eigenvalue weighted by molar-refractivity contribution is -0.121. The predicted octanol–water partition coefficient (Wildman–Crippen LogP) is 3.82. The molecule has 0 saturated heterocycles. The lowest BCUT2D eigenvalue weighted by Gasteiger charge is -2.09. The Hall–Kier alpha value is -2.18. The normalized spacial score (nSPS) is 10.3. The number of benzene rings is 1. The molecule has 0 aliphatic heterocycles. The Kier molecular flexibility index (Phi) is 7.16. The summed E-state index contributed by atoms with van der Waals surface area (Å²) in [7, 11) is 0. The fourth-order valence-electron chi connectivity index (χ4n) is 2.13. The van der Waals surface area contributed by atoms with Gasteiger partial charge in [-0.25, -0.2) is 0 Å². The number of halogens is 1. The van der Waals surface area contributed by atoms with Crippen molar-refractivity contribution in [3.8, 4) is 0 Å². The molecule has 2 rings (SSSR count). The van der Waals surface area contributed by atoms with Crippen LogP contribution in [0, 0.1) is 6.92 Å². The number of rotatable bonds is 8. The Labute approximate surface area is 155 Å². The first-order chi connectivity index (χ1) is 12.0. The number of aryl methyl sites for hydroxylation is 1. The topological polar surface area (TPSA) is 75.3 Å². The summed E-state index contributed by atoms with van der Waals surface area (Å²) in [5, 5.41) is 7.79. The van der Waals surface area contributed by atoms with Crippen LogP contribution < -0.4 is 10.6 Å². The third-order valence-corrected chi connectivity index (χ3v) is 4.67. The Bertz CT molecular complexity index is 760. The molecule has 25 heavy (non-hydrogen) atoms. The molecule has 0 fully saturated rings. The molecular weight excluding hydrogens is 360 g/mol. The largest absolute Gasteiger partial charge is 0.356 e. The zero-order valence-corrected chi connectivity index (χ0v) is 15.4. The van der Waals surface area contributed by atoms with Gasteiger partial charge in [-0.1, -0.05) is 23.7 Å². The van der Waals surface area contributed by atoms with Gasteiger partial charge in [-0.15, -0.1) is 11.3 Å². The van der Waals surface area contributed by atoms with Crippen LogP contribution in [0.15, 0.2) is 35.7 Å². The average Bonchev–Trinajstić information content (AvgIpc) is 3.10. The van der Waals surface area contributed by atoms with E-state index in [1.54, 1.807) is 24.3 Å². The van der Waals surface area contributed by atoms with Crippen molar-refractivity contribution in [2.24, 2.45) is 0 Å². The number of thiophene rings is 1. The zero-order chi connectivity index (χ0) is 18.2. The van der Waals surface area contributed by atoms with Crippen LogP contribution in [0.2, 0.25) is 5.02 Å². The average molecular weight is 379 g/mol. The highest BCUT2D eigenvalue weighted by Gasteiger charge is 2.11. The number of carbonyl (C=O) groups excluding carboxylic acids is 3. The van der Waals surface area contributed by atoms with Gasteiger partial charge >= 0.3 is 0 Å². The molecule has 0 bridgehead atoms. The van der Waals surface area contributed by atoms with Gasteiger partial charge in [0, 0.05) is 36.5 Å². The fraction of sp³-hybridized carbons (Fsp3) is 0.278. The third-order valence-electron chi connectivity index (χ3n) is 3.52. The second kappa shape index (κ2) is 9.34. The standard InChI is InChI=1S/C18H19ClN2O3S/c1-12-4-5-13(19)11-14(12)21-18(24)8-9-20-17(23)7-6-15(22)16-3-2-10-25-16/h2-5,10-11H,6-9H2,1H3,(H,20,23)(H,21,24). The number of Topliss-reactive ketones (excluding diaryl/α,β-unsaturated/α-hetero) is 1. The molecular formula is C18H19ClN2O3S. The van der Waals surface area contributed by atoms with Gasteiger partial charge in [0.1, 0.15) is 0 Å². The van der Waals surface area contributed by atoms with Gasteiger partial charge in [0.15, 0.2) is 5.78 Å². The van der Waals surface area contributed by atoms with E-state index in [2.05, 4.69) is 10.6 Å². The van der Waals surface area contributed by atoms with Crippen LogP contribution in [0.5, 0.6) is 0 Å². The molecule has 132 valence electrons. The van der Waals surface area contributed by atoms with Gasteiger partial charge in [-0.3, -0.25) is 14.4 Å². The summed E-state index contributed by atoms with van der Waals surface area (Å²) < 4.78 is 0.